The van der Waals surface area contributed by atoms with E-state index in [1.807, 2.05) is 0 Å². The van der Waals surface area contributed by atoms with E-state index >= 15 is 0 Å². The van der Waals surface area contributed by atoms with Gasteiger partial charge in [-0.05, 0) is 70.6 Å². The SMILES string of the molecule is CC/C=C\C/C=C\C/C=C\C/C=C\CCCOCC(COP(=O)(O)OCC(N)C(=O)O)OC(=O)CCCCCCC/C=C\CCCCCCC. The van der Waals surface area contributed by atoms with Crippen LogP contribution in [0.25, 0.3) is 0 Å². The highest BCUT2D eigenvalue weighted by molar-refractivity contribution is 7.47. The predicted octanol–water partition coefficient (Wildman–Crippen LogP) is 9.69. The summed E-state index contributed by atoms with van der Waals surface area (Å²) >= 11 is 0. The second kappa shape index (κ2) is 35.1. The third-order valence-electron chi connectivity index (χ3n) is 7.53. The van der Waals surface area contributed by atoms with E-state index in [4.69, 9.17) is 24.8 Å². The highest BCUT2D eigenvalue weighted by Gasteiger charge is 2.27. The largest absolute Gasteiger partial charge is 0.480 e. The van der Waals surface area contributed by atoms with Gasteiger partial charge in [0.25, 0.3) is 0 Å². The Morgan fingerprint density at radius 1 is 0.660 bits per heavy atom. The predicted molar refractivity (Wildman–Crippen MR) is 203 cm³/mol. The fourth-order valence-electron chi connectivity index (χ4n) is 4.60. The number of phosphoric ester groups is 1. The number of carbonyl (C=O) groups is 2. The van der Waals surface area contributed by atoms with E-state index in [-0.39, 0.29) is 13.0 Å². The average molecular weight is 726 g/mol. The van der Waals surface area contributed by atoms with Gasteiger partial charge in [-0.15, -0.1) is 0 Å². The normalized spacial score (nSPS) is 14.8. The summed E-state index contributed by atoms with van der Waals surface area (Å²) in [5.74, 6) is -1.82. The Bertz CT molecular complexity index is 1030. The van der Waals surface area contributed by atoms with Crippen LogP contribution >= 0.6 is 7.82 Å². The summed E-state index contributed by atoms with van der Waals surface area (Å²) in [5, 5.41) is 8.86. The van der Waals surface area contributed by atoms with Crippen LogP contribution in [0.3, 0.4) is 0 Å². The van der Waals surface area contributed by atoms with Crippen molar-refractivity contribution in [1.29, 1.82) is 0 Å². The van der Waals surface area contributed by atoms with Gasteiger partial charge in [0.15, 0.2) is 0 Å². The molecule has 0 spiro atoms. The Kier molecular flexibility index (Phi) is 33.5. The van der Waals surface area contributed by atoms with Crippen LogP contribution in [-0.2, 0) is 32.7 Å². The van der Waals surface area contributed by atoms with Crippen LogP contribution in [0.1, 0.15) is 136 Å². The van der Waals surface area contributed by atoms with E-state index in [0.29, 0.717) is 13.0 Å². The first-order valence-corrected chi connectivity index (χ1v) is 20.3. The number of carboxylic acid groups (broad SMARTS) is 1. The van der Waals surface area contributed by atoms with Crippen LogP contribution in [0, 0.1) is 0 Å². The monoisotopic (exact) mass is 725 g/mol. The van der Waals surface area contributed by atoms with Crippen molar-refractivity contribution in [3.8, 4) is 0 Å². The number of hydrogen-bond donors (Lipinski definition) is 3. The summed E-state index contributed by atoms with van der Waals surface area (Å²) in [7, 11) is -4.63. The third-order valence-corrected chi connectivity index (χ3v) is 8.48. The summed E-state index contributed by atoms with van der Waals surface area (Å²) in [5.41, 5.74) is 5.33. The first-order chi connectivity index (χ1) is 24.2. The summed E-state index contributed by atoms with van der Waals surface area (Å²) in [6, 6.07) is -1.48. The number of esters is 1. The van der Waals surface area contributed by atoms with E-state index in [9.17, 15) is 19.0 Å². The van der Waals surface area contributed by atoms with Gasteiger partial charge >= 0.3 is 19.8 Å². The van der Waals surface area contributed by atoms with Gasteiger partial charge in [-0.1, -0.05) is 120 Å². The van der Waals surface area contributed by atoms with Gasteiger partial charge in [-0.2, -0.15) is 0 Å². The van der Waals surface area contributed by atoms with Gasteiger partial charge in [0, 0.05) is 13.0 Å². The summed E-state index contributed by atoms with van der Waals surface area (Å²) in [4.78, 5) is 33.4. The molecule has 0 aromatic carbocycles. The first-order valence-electron chi connectivity index (χ1n) is 18.8. The Balaban J connectivity index is 4.44. The van der Waals surface area contributed by atoms with Crippen molar-refractivity contribution < 1.29 is 42.7 Å². The fourth-order valence-corrected chi connectivity index (χ4v) is 5.38. The third kappa shape index (κ3) is 34.1. The van der Waals surface area contributed by atoms with Crippen molar-refractivity contribution >= 4 is 19.8 Å². The second-order valence-corrected chi connectivity index (χ2v) is 13.8. The molecule has 0 aromatic heterocycles. The Morgan fingerprint density at radius 3 is 1.76 bits per heavy atom. The van der Waals surface area contributed by atoms with E-state index in [1.165, 1.54) is 32.1 Å². The number of nitrogens with two attached hydrogens (primary N) is 1. The van der Waals surface area contributed by atoms with Crippen LogP contribution in [0.4, 0.5) is 0 Å². The molecule has 0 saturated heterocycles. The van der Waals surface area contributed by atoms with Gasteiger partial charge in [0.05, 0.1) is 19.8 Å². The maximum atomic E-state index is 12.6. The van der Waals surface area contributed by atoms with Crippen molar-refractivity contribution in [3.05, 3.63) is 60.8 Å². The summed E-state index contributed by atoms with van der Waals surface area (Å²) in [6.07, 6.45) is 40.0. The molecule has 0 amide bonds. The zero-order valence-corrected chi connectivity index (χ0v) is 31.9. The molecule has 3 unspecified atom stereocenters. The summed E-state index contributed by atoms with van der Waals surface area (Å²) < 4.78 is 33.1. The zero-order valence-electron chi connectivity index (χ0n) is 31.0. The van der Waals surface area contributed by atoms with Crippen molar-refractivity contribution in [3.63, 3.8) is 0 Å². The summed E-state index contributed by atoms with van der Waals surface area (Å²) in [6.45, 7) is 3.57. The van der Waals surface area contributed by atoms with Gasteiger partial charge in [-0.3, -0.25) is 18.6 Å². The molecule has 0 aromatic rings. The topological polar surface area (TPSA) is 155 Å². The van der Waals surface area contributed by atoms with E-state index < -0.39 is 45.1 Å². The standard InChI is InChI=1S/C39H68NO9P/c1-3-5-7-9-11-13-15-17-19-21-23-25-27-29-31-38(41)49-36(34-47-50(44,45)48-35-37(40)39(42)43)33-46-32-30-28-26-24-22-20-18-16-14-12-10-8-6-4-2/h6,8,12,14-15,17-18,20,24,26,36-37H,3-5,7,9-11,13,16,19,21-23,25,27-35,40H2,1-2H3,(H,42,43)(H,44,45)/b8-6-,14-12-,17-15-,20-18-,26-24-. The lowest BCUT2D eigenvalue weighted by atomic mass is 10.1. The van der Waals surface area contributed by atoms with Crippen molar-refractivity contribution in [2.45, 2.75) is 148 Å². The van der Waals surface area contributed by atoms with Gasteiger partial charge in [0.2, 0.25) is 0 Å². The number of phosphoric acid groups is 1. The Labute approximate surface area is 302 Å². The lowest BCUT2D eigenvalue weighted by molar-refractivity contribution is -0.154. The average Bonchev–Trinajstić information content (AvgIpc) is 3.09. The number of unbranched alkanes of at least 4 members (excludes halogenated alkanes) is 11. The van der Waals surface area contributed by atoms with Crippen molar-refractivity contribution in [2.24, 2.45) is 5.73 Å². The molecule has 0 radical (unpaired) electrons. The minimum Gasteiger partial charge on any atom is -0.480 e. The molecule has 0 bridgehead atoms. The molecule has 3 atom stereocenters. The molecule has 0 heterocycles. The molecule has 50 heavy (non-hydrogen) atoms. The molecule has 0 aliphatic heterocycles. The fraction of sp³-hybridized carbons (Fsp3) is 0.692. The lowest BCUT2D eigenvalue weighted by Crippen LogP contribution is -2.34. The minimum absolute atomic E-state index is 0.0269. The zero-order chi connectivity index (χ0) is 37.0. The van der Waals surface area contributed by atoms with Crippen LogP contribution in [0.2, 0.25) is 0 Å². The molecule has 4 N–H and O–H groups in total. The van der Waals surface area contributed by atoms with Crippen molar-refractivity contribution in [2.75, 3.05) is 26.4 Å². The number of hydrogen-bond acceptors (Lipinski definition) is 8. The molecule has 0 saturated carbocycles. The van der Waals surface area contributed by atoms with Gasteiger partial charge in [0.1, 0.15) is 12.1 Å². The smallest absolute Gasteiger partial charge is 0.472 e. The number of carbonyl (C=O) groups excluding carboxylic acids is 1. The van der Waals surface area contributed by atoms with E-state index in [1.54, 1.807) is 0 Å². The lowest BCUT2D eigenvalue weighted by Gasteiger charge is -2.20. The molecule has 0 rings (SSSR count). The molecule has 10 nitrogen and oxygen atoms in total. The molecule has 0 fully saturated rings. The van der Waals surface area contributed by atoms with Crippen LogP contribution in [-0.4, -0.2) is 60.5 Å². The van der Waals surface area contributed by atoms with Gasteiger partial charge in [-0.25, -0.2) is 4.57 Å². The second-order valence-electron chi connectivity index (χ2n) is 12.3. The van der Waals surface area contributed by atoms with Crippen molar-refractivity contribution in [1.82, 2.24) is 0 Å². The molecular weight excluding hydrogens is 657 g/mol. The Hall–Kier alpha value is -2.33. The number of ether oxygens (including phenoxy) is 2. The highest BCUT2D eigenvalue weighted by Crippen LogP contribution is 2.43. The first kappa shape index (κ1) is 47.7. The van der Waals surface area contributed by atoms with Crippen LogP contribution in [0.5, 0.6) is 0 Å². The molecular formula is C39H68NO9P. The maximum absolute atomic E-state index is 12.6. The quantitative estimate of drug-likeness (QED) is 0.0249. The molecule has 0 aliphatic rings. The number of rotatable bonds is 35. The Morgan fingerprint density at radius 2 is 1.16 bits per heavy atom. The van der Waals surface area contributed by atoms with Gasteiger partial charge < -0.3 is 25.2 Å². The van der Waals surface area contributed by atoms with E-state index in [2.05, 4.69) is 79.1 Å². The number of carboxylic acids is 1. The number of allylic oxidation sites excluding steroid dienone is 10. The van der Waals surface area contributed by atoms with E-state index in [0.717, 1.165) is 77.0 Å². The highest BCUT2D eigenvalue weighted by atomic mass is 31.2. The molecule has 288 valence electrons. The van der Waals surface area contributed by atoms with Crippen LogP contribution in [0.15, 0.2) is 60.8 Å². The molecule has 0 aliphatic carbocycles. The number of aliphatic carboxylic acids is 1. The minimum atomic E-state index is -4.63. The maximum Gasteiger partial charge on any atom is 0.472 e. The van der Waals surface area contributed by atoms with Crippen LogP contribution < -0.4 is 5.73 Å². The molecule has 11 heteroatoms.